The fourth-order valence-electron chi connectivity index (χ4n) is 9.00. The Labute approximate surface area is 346 Å². The van der Waals surface area contributed by atoms with Crippen molar-refractivity contribution in [3.8, 4) is 17.3 Å². The van der Waals surface area contributed by atoms with E-state index >= 15 is 4.39 Å². The average molecular weight is 833 g/mol. The van der Waals surface area contributed by atoms with Crippen molar-refractivity contribution in [1.82, 2.24) is 29.7 Å². The highest BCUT2D eigenvalue weighted by Crippen LogP contribution is 2.42. The quantitative estimate of drug-likeness (QED) is 0.103. The number of aromatic nitrogens is 3. The molecule has 8 rings (SSSR count). The molecule has 0 unspecified atom stereocenters. The van der Waals surface area contributed by atoms with Gasteiger partial charge in [-0.3, -0.25) is 19.6 Å². The van der Waals surface area contributed by atoms with Crippen LogP contribution in [-0.2, 0) is 9.22 Å². The molecule has 1 amide bonds. The van der Waals surface area contributed by atoms with Crippen LogP contribution in [0.5, 0.6) is 6.01 Å². The molecule has 14 heteroatoms. The molecule has 0 spiro atoms. The maximum absolute atomic E-state index is 17.0. The van der Waals surface area contributed by atoms with Crippen LogP contribution in [0.4, 0.5) is 14.6 Å². The first-order chi connectivity index (χ1) is 27.6. The molecule has 4 saturated heterocycles. The molecule has 0 N–H and O–H groups in total. The van der Waals surface area contributed by atoms with Crippen molar-refractivity contribution in [3.05, 3.63) is 65.6 Å². The first-order valence-corrected chi connectivity index (χ1v) is 24.1. The fraction of sp³-hybridized carbons (Fsp3) is 0.545. The summed E-state index contributed by atoms with van der Waals surface area (Å²) >= 11 is 6.66. The molecular formula is C44H56ClF2N7O3Si. The normalized spacial score (nSPS) is 24.3. The number of benzene rings is 2. The maximum atomic E-state index is 17.0. The predicted octanol–water partition coefficient (Wildman–Crippen LogP) is 8.28. The number of alkyl halides is 1. The van der Waals surface area contributed by atoms with E-state index in [0.29, 0.717) is 66.3 Å². The van der Waals surface area contributed by atoms with E-state index in [4.69, 9.17) is 25.7 Å². The highest BCUT2D eigenvalue weighted by atomic mass is 35.5. The van der Waals surface area contributed by atoms with E-state index in [1.165, 1.54) is 0 Å². The second kappa shape index (κ2) is 16.0. The summed E-state index contributed by atoms with van der Waals surface area (Å²) in [5.41, 5.74) is 0.325. The van der Waals surface area contributed by atoms with E-state index in [9.17, 15) is 9.18 Å². The van der Waals surface area contributed by atoms with E-state index in [2.05, 4.69) is 53.6 Å². The van der Waals surface area contributed by atoms with E-state index in [1.807, 2.05) is 53.3 Å². The number of pyridine rings is 1. The summed E-state index contributed by atoms with van der Waals surface area (Å²) in [4.78, 5) is 36.1. The molecule has 0 radical (unpaired) electrons. The number of anilines is 1. The molecule has 2 aromatic heterocycles. The SMILES string of the molecule is CN(c1nc(OC[C@@]23CCCN2C[C@H](F)C3)nc2c(F)c(-c3cccc4cccc(Cl)c34)ncc12)[C@@H]1CCN(C(=O)/C=C/[C@H]2CCN2CCO[Si](C)(C)C(C)(C)C)C1. The van der Waals surface area contributed by atoms with Gasteiger partial charge < -0.3 is 19.0 Å². The monoisotopic (exact) mass is 831 g/mol. The molecule has 4 aromatic rings. The van der Waals surface area contributed by atoms with Crippen molar-refractivity contribution in [3.63, 3.8) is 0 Å². The third kappa shape index (κ3) is 7.85. The van der Waals surface area contributed by atoms with Crippen LogP contribution in [0, 0.1) is 5.82 Å². The van der Waals surface area contributed by atoms with Gasteiger partial charge in [-0.15, -0.1) is 0 Å². The predicted molar refractivity (Wildman–Crippen MR) is 229 cm³/mol. The van der Waals surface area contributed by atoms with Crippen LogP contribution in [0.15, 0.2) is 54.7 Å². The summed E-state index contributed by atoms with van der Waals surface area (Å²) in [5.74, 6) is -0.169. The number of ether oxygens (including phenoxy) is 1. The van der Waals surface area contributed by atoms with Gasteiger partial charge in [-0.1, -0.05) is 68.8 Å². The lowest BCUT2D eigenvalue weighted by Crippen LogP contribution is -2.49. The summed E-state index contributed by atoms with van der Waals surface area (Å²) in [7, 11) is 0.104. The zero-order valence-corrected chi connectivity index (χ0v) is 36.4. The van der Waals surface area contributed by atoms with Gasteiger partial charge in [-0.2, -0.15) is 9.97 Å². The molecule has 0 bridgehead atoms. The van der Waals surface area contributed by atoms with Gasteiger partial charge in [0.05, 0.1) is 10.9 Å². The Kier molecular flexibility index (Phi) is 11.3. The molecule has 4 fully saturated rings. The van der Waals surface area contributed by atoms with Crippen molar-refractivity contribution in [2.75, 3.05) is 64.4 Å². The summed E-state index contributed by atoms with van der Waals surface area (Å²) in [5, 5.41) is 2.67. The Balaban J connectivity index is 1.02. The third-order valence-corrected chi connectivity index (χ3v) is 18.5. The van der Waals surface area contributed by atoms with Crippen molar-refractivity contribution in [2.24, 2.45) is 0 Å². The van der Waals surface area contributed by atoms with Crippen molar-refractivity contribution in [1.29, 1.82) is 0 Å². The van der Waals surface area contributed by atoms with Gasteiger partial charge in [0.1, 0.15) is 29.8 Å². The lowest BCUT2D eigenvalue weighted by molar-refractivity contribution is -0.125. The molecular weight excluding hydrogens is 776 g/mol. The average Bonchev–Trinajstić information content (AvgIpc) is 3.89. The number of carbonyl (C=O) groups is 1. The van der Waals surface area contributed by atoms with Crippen molar-refractivity contribution in [2.45, 2.75) is 94.8 Å². The molecule has 58 heavy (non-hydrogen) atoms. The molecule has 6 heterocycles. The topological polar surface area (TPSA) is 87.2 Å². The largest absolute Gasteiger partial charge is 0.461 e. The molecule has 10 nitrogen and oxygen atoms in total. The number of likely N-dealkylation sites (tertiary alicyclic amines) is 2. The second-order valence-electron chi connectivity index (χ2n) is 18.2. The highest BCUT2D eigenvalue weighted by molar-refractivity contribution is 6.74. The van der Waals surface area contributed by atoms with Crippen LogP contribution in [0.1, 0.15) is 52.9 Å². The summed E-state index contributed by atoms with van der Waals surface area (Å²) in [6.45, 7) is 16.4. The van der Waals surface area contributed by atoms with Crippen LogP contribution >= 0.6 is 11.6 Å². The number of nitrogens with zero attached hydrogens (tertiary/aromatic N) is 7. The summed E-state index contributed by atoms with van der Waals surface area (Å²) in [6.07, 6.45) is 8.36. The molecule has 4 atom stereocenters. The Hall–Kier alpha value is -3.75. The molecule has 0 saturated carbocycles. The van der Waals surface area contributed by atoms with Gasteiger partial charge in [-0.25, -0.2) is 8.78 Å². The van der Waals surface area contributed by atoms with Crippen molar-refractivity contribution >= 4 is 53.3 Å². The lowest BCUT2D eigenvalue weighted by Gasteiger charge is -2.41. The first kappa shape index (κ1) is 41.0. The Morgan fingerprint density at radius 1 is 1.10 bits per heavy atom. The third-order valence-electron chi connectivity index (χ3n) is 13.6. The number of carbonyl (C=O) groups excluding carboxylic acids is 1. The second-order valence-corrected chi connectivity index (χ2v) is 23.4. The zero-order valence-electron chi connectivity index (χ0n) is 34.6. The minimum absolute atomic E-state index is 0.0222. The molecule has 310 valence electrons. The fourth-order valence-corrected chi connectivity index (χ4v) is 10.3. The Morgan fingerprint density at radius 3 is 2.66 bits per heavy atom. The van der Waals surface area contributed by atoms with Crippen LogP contribution in [0.2, 0.25) is 23.2 Å². The standard InChI is InChI=1S/C44H56ClF2N7O3Si/c1-43(2,3)58(5,6)57-23-22-52-20-16-31(52)14-15-36(55)53-21-17-32(27-53)51(4)41-34-25-48-39(33-12-7-10-29-11-8-13-35(45)37(29)33)38(47)40(34)49-42(50-41)56-28-44-18-9-19-54(44)26-30(46)24-44/h7-8,10-15,25,30-32H,9,16-24,26-28H2,1-6H3/b15-14+/t30-,31+,32-,44+/m1/s1. The van der Waals surface area contributed by atoms with Crippen LogP contribution in [0.3, 0.4) is 0 Å². The molecule has 0 aliphatic carbocycles. The summed E-state index contributed by atoms with van der Waals surface area (Å²) < 4.78 is 44.4. The van der Waals surface area contributed by atoms with Crippen molar-refractivity contribution < 1.29 is 22.7 Å². The Morgan fingerprint density at radius 2 is 1.90 bits per heavy atom. The molecule has 4 aliphatic rings. The minimum Gasteiger partial charge on any atom is -0.461 e. The number of rotatable bonds is 12. The number of amides is 1. The number of hydrogen-bond donors (Lipinski definition) is 0. The van der Waals surface area contributed by atoms with Gasteiger partial charge in [-0.05, 0) is 61.8 Å². The van der Waals surface area contributed by atoms with Crippen LogP contribution in [-0.4, -0.2) is 127 Å². The lowest BCUT2D eigenvalue weighted by atomic mass is 9.95. The smallest absolute Gasteiger partial charge is 0.319 e. The first-order valence-electron chi connectivity index (χ1n) is 20.8. The van der Waals surface area contributed by atoms with Gasteiger partial charge in [0.15, 0.2) is 14.1 Å². The number of hydrogen-bond acceptors (Lipinski definition) is 9. The number of halogens is 3. The Bertz CT molecular complexity index is 2220. The van der Waals surface area contributed by atoms with Gasteiger partial charge in [0, 0.05) is 93.1 Å². The van der Waals surface area contributed by atoms with E-state index in [1.54, 1.807) is 18.3 Å². The van der Waals surface area contributed by atoms with Crippen LogP contribution < -0.4 is 9.64 Å². The number of likely N-dealkylation sites (N-methyl/N-ethyl adjacent to an activating group) is 1. The maximum Gasteiger partial charge on any atom is 0.319 e. The molecule has 4 aliphatic heterocycles. The van der Waals surface area contributed by atoms with E-state index in [0.717, 1.165) is 44.3 Å². The van der Waals surface area contributed by atoms with E-state index < -0.39 is 25.8 Å². The van der Waals surface area contributed by atoms with Gasteiger partial charge >= 0.3 is 6.01 Å². The van der Waals surface area contributed by atoms with Crippen LogP contribution in [0.25, 0.3) is 32.9 Å². The van der Waals surface area contributed by atoms with E-state index in [-0.39, 0.29) is 46.9 Å². The highest BCUT2D eigenvalue weighted by Gasteiger charge is 2.49. The van der Waals surface area contributed by atoms with Gasteiger partial charge in [0.2, 0.25) is 5.91 Å². The molecule has 2 aromatic carbocycles. The number of fused-ring (bicyclic) bond motifs is 3. The van der Waals surface area contributed by atoms with Gasteiger partial charge in [0.25, 0.3) is 0 Å². The summed E-state index contributed by atoms with van der Waals surface area (Å²) in [6, 6.07) is 11.3. The zero-order chi connectivity index (χ0) is 41.0. The minimum atomic E-state index is -1.81.